The van der Waals surface area contributed by atoms with E-state index in [-0.39, 0.29) is 17.5 Å². The fraction of sp³-hybridized carbons (Fsp3) is 0.667. The van der Waals surface area contributed by atoms with Crippen LogP contribution in [0.15, 0.2) is 9.31 Å². The first-order valence-electron chi connectivity index (χ1n) is 6.16. The third kappa shape index (κ3) is 1.98. The van der Waals surface area contributed by atoms with E-state index in [1.807, 2.05) is 0 Å². The third-order valence-corrected chi connectivity index (χ3v) is 5.86. The standard InChI is InChI=1S/C12H20N2O3S/c1-8-11(7-13)12(9(2)17-8)18(15,16)14(3)10-5-4-6-10/h10H,4-7,13H2,1-3H3. The smallest absolute Gasteiger partial charge is 0.246 e. The highest BCUT2D eigenvalue weighted by molar-refractivity contribution is 7.89. The van der Waals surface area contributed by atoms with E-state index in [0.717, 1.165) is 19.3 Å². The van der Waals surface area contributed by atoms with Gasteiger partial charge < -0.3 is 10.2 Å². The largest absolute Gasteiger partial charge is 0.465 e. The Morgan fingerprint density at radius 1 is 1.33 bits per heavy atom. The van der Waals surface area contributed by atoms with E-state index in [1.54, 1.807) is 20.9 Å². The van der Waals surface area contributed by atoms with Crippen molar-refractivity contribution in [2.75, 3.05) is 7.05 Å². The monoisotopic (exact) mass is 272 g/mol. The highest BCUT2D eigenvalue weighted by Gasteiger charge is 2.35. The highest BCUT2D eigenvalue weighted by Crippen LogP contribution is 2.33. The van der Waals surface area contributed by atoms with Crippen molar-refractivity contribution in [1.82, 2.24) is 4.31 Å². The molecule has 0 radical (unpaired) electrons. The maximum atomic E-state index is 12.6. The van der Waals surface area contributed by atoms with Crippen LogP contribution in [0.1, 0.15) is 36.3 Å². The molecule has 1 fully saturated rings. The molecule has 1 aliphatic carbocycles. The van der Waals surface area contributed by atoms with E-state index >= 15 is 0 Å². The van der Waals surface area contributed by atoms with Gasteiger partial charge in [0.1, 0.15) is 16.4 Å². The molecule has 0 aromatic carbocycles. The average Bonchev–Trinajstić information content (AvgIpc) is 2.50. The van der Waals surface area contributed by atoms with Crippen LogP contribution in [-0.2, 0) is 16.6 Å². The minimum absolute atomic E-state index is 0.121. The fourth-order valence-electron chi connectivity index (χ4n) is 2.37. The van der Waals surface area contributed by atoms with E-state index in [9.17, 15) is 8.42 Å². The summed E-state index contributed by atoms with van der Waals surface area (Å²) >= 11 is 0. The van der Waals surface area contributed by atoms with Crippen molar-refractivity contribution in [3.8, 4) is 0 Å². The summed E-state index contributed by atoms with van der Waals surface area (Å²) in [6.45, 7) is 3.60. The van der Waals surface area contributed by atoms with Gasteiger partial charge in [0, 0.05) is 25.2 Å². The summed E-state index contributed by atoms with van der Waals surface area (Å²) in [6.07, 6.45) is 2.96. The molecule has 0 unspecified atom stereocenters. The Labute approximate surface area is 108 Å². The van der Waals surface area contributed by atoms with Crippen molar-refractivity contribution in [2.24, 2.45) is 5.73 Å². The van der Waals surface area contributed by atoms with E-state index in [1.165, 1.54) is 4.31 Å². The van der Waals surface area contributed by atoms with Gasteiger partial charge in [-0.2, -0.15) is 4.31 Å². The normalized spacial score (nSPS) is 17.2. The molecule has 5 nitrogen and oxygen atoms in total. The Balaban J connectivity index is 2.46. The van der Waals surface area contributed by atoms with Crippen LogP contribution in [0.3, 0.4) is 0 Å². The number of nitrogens with two attached hydrogens (primary N) is 1. The lowest BCUT2D eigenvalue weighted by molar-refractivity contribution is 0.249. The Morgan fingerprint density at radius 3 is 2.39 bits per heavy atom. The molecular weight excluding hydrogens is 252 g/mol. The summed E-state index contributed by atoms with van der Waals surface area (Å²) in [5.41, 5.74) is 6.24. The maximum Gasteiger partial charge on any atom is 0.246 e. The molecule has 0 atom stereocenters. The first-order valence-corrected chi connectivity index (χ1v) is 7.60. The summed E-state index contributed by atoms with van der Waals surface area (Å²) in [4.78, 5) is 0.261. The van der Waals surface area contributed by atoms with Gasteiger partial charge in [-0.25, -0.2) is 8.42 Å². The van der Waals surface area contributed by atoms with E-state index in [2.05, 4.69) is 0 Å². The first kappa shape index (κ1) is 13.6. The third-order valence-electron chi connectivity index (χ3n) is 3.76. The fourth-order valence-corrected chi connectivity index (χ4v) is 4.21. The van der Waals surface area contributed by atoms with Crippen LogP contribution in [0.5, 0.6) is 0 Å². The Hall–Kier alpha value is -0.850. The number of furan rings is 1. The van der Waals surface area contributed by atoms with Gasteiger partial charge in [-0.1, -0.05) is 6.42 Å². The molecule has 6 heteroatoms. The molecule has 0 bridgehead atoms. The lowest BCUT2D eigenvalue weighted by Crippen LogP contribution is -2.41. The Bertz CT molecular complexity index is 544. The molecule has 102 valence electrons. The Kier molecular flexibility index (Phi) is 3.53. The molecule has 0 aliphatic heterocycles. The van der Waals surface area contributed by atoms with E-state index in [4.69, 9.17) is 10.2 Å². The summed E-state index contributed by atoms with van der Waals surface area (Å²) in [6, 6.07) is 0.121. The van der Waals surface area contributed by atoms with Gasteiger partial charge in [-0.3, -0.25) is 0 Å². The van der Waals surface area contributed by atoms with Gasteiger partial charge >= 0.3 is 0 Å². The van der Waals surface area contributed by atoms with Crippen LogP contribution in [0, 0.1) is 13.8 Å². The van der Waals surface area contributed by atoms with Gasteiger partial charge in [0.25, 0.3) is 0 Å². The van der Waals surface area contributed by atoms with Crippen molar-refractivity contribution >= 4 is 10.0 Å². The van der Waals surface area contributed by atoms with Crippen LogP contribution in [-0.4, -0.2) is 25.8 Å². The second kappa shape index (κ2) is 4.68. The summed E-state index contributed by atoms with van der Waals surface area (Å²) in [7, 11) is -1.85. The first-order chi connectivity index (χ1) is 8.39. The molecule has 18 heavy (non-hydrogen) atoms. The molecular formula is C12H20N2O3S. The molecule has 1 aliphatic rings. The predicted molar refractivity (Wildman–Crippen MR) is 68.7 cm³/mol. The lowest BCUT2D eigenvalue weighted by atomic mass is 9.94. The van der Waals surface area contributed by atoms with E-state index < -0.39 is 10.0 Å². The van der Waals surface area contributed by atoms with Crippen LogP contribution >= 0.6 is 0 Å². The van der Waals surface area contributed by atoms with Crippen LogP contribution in [0.25, 0.3) is 0 Å². The second-order valence-electron chi connectivity index (χ2n) is 4.83. The SMILES string of the molecule is Cc1oc(C)c(S(=O)(=O)N(C)C2CCC2)c1CN. The molecule has 0 spiro atoms. The Morgan fingerprint density at radius 2 is 1.94 bits per heavy atom. The summed E-state index contributed by atoms with van der Waals surface area (Å²) < 4.78 is 32.1. The molecule has 0 saturated heterocycles. The van der Waals surface area contributed by atoms with Crippen molar-refractivity contribution in [3.05, 3.63) is 17.1 Å². The van der Waals surface area contributed by atoms with Crippen LogP contribution in [0.2, 0.25) is 0 Å². The van der Waals surface area contributed by atoms with Crippen molar-refractivity contribution in [1.29, 1.82) is 0 Å². The van der Waals surface area contributed by atoms with Gasteiger partial charge in [0.05, 0.1) is 0 Å². The van der Waals surface area contributed by atoms with Crippen molar-refractivity contribution in [2.45, 2.75) is 50.6 Å². The van der Waals surface area contributed by atoms with Crippen LogP contribution < -0.4 is 5.73 Å². The highest BCUT2D eigenvalue weighted by atomic mass is 32.2. The molecule has 1 aromatic rings. The maximum absolute atomic E-state index is 12.6. The zero-order valence-corrected chi connectivity index (χ0v) is 11.9. The second-order valence-corrected chi connectivity index (χ2v) is 6.77. The van der Waals surface area contributed by atoms with Crippen molar-refractivity contribution in [3.63, 3.8) is 0 Å². The molecule has 1 heterocycles. The summed E-state index contributed by atoms with van der Waals surface area (Å²) in [5, 5.41) is 0. The predicted octanol–water partition coefficient (Wildman–Crippen LogP) is 1.53. The van der Waals surface area contributed by atoms with E-state index in [0.29, 0.717) is 17.1 Å². The van der Waals surface area contributed by atoms with Crippen LogP contribution in [0.4, 0.5) is 0 Å². The average molecular weight is 272 g/mol. The number of nitrogens with zero attached hydrogens (tertiary/aromatic N) is 1. The number of sulfonamides is 1. The molecule has 2 rings (SSSR count). The summed E-state index contributed by atoms with van der Waals surface area (Å²) in [5.74, 6) is 1.02. The minimum atomic E-state index is -3.49. The van der Waals surface area contributed by atoms with Gasteiger partial charge in [0.2, 0.25) is 10.0 Å². The lowest BCUT2D eigenvalue weighted by Gasteiger charge is -2.33. The topological polar surface area (TPSA) is 76.5 Å². The minimum Gasteiger partial charge on any atom is -0.465 e. The number of hydrogen-bond acceptors (Lipinski definition) is 4. The number of hydrogen-bond donors (Lipinski definition) is 1. The van der Waals surface area contributed by atoms with Gasteiger partial charge in [0.15, 0.2) is 0 Å². The zero-order valence-electron chi connectivity index (χ0n) is 11.1. The number of rotatable bonds is 4. The molecule has 1 saturated carbocycles. The molecule has 1 aromatic heterocycles. The molecule has 0 amide bonds. The zero-order chi connectivity index (χ0) is 13.5. The quantitative estimate of drug-likeness (QED) is 0.901. The van der Waals surface area contributed by atoms with Crippen molar-refractivity contribution < 1.29 is 12.8 Å². The van der Waals surface area contributed by atoms with Gasteiger partial charge in [-0.15, -0.1) is 0 Å². The molecule has 2 N–H and O–H groups in total. The van der Waals surface area contributed by atoms with Gasteiger partial charge in [-0.05, 0) is 26.7 Å². The number of aryl methyl sites for hydroxylation is 2.